The van der Waals surface area contributed by atoms with Crippen LogP contribution in [0.4, 0.5) is 0 Å². The minimum absolute atomic E-state index is 0.884. The van der Waals surface area contributed by atoms with Crippen molar-refractivity contribution in [1.29, 1.82) is 0 Å². The highest BCUT2D eigenvalue weighted by Crippen LogP contribution is 2.38. The number of nitrogens with one attached hydrogen (secondary N) is 1. The average Bonchev–Trinajstić information content (AvgIpc) is 2.22. The van der Waals surface area contributed by atoms with Gasteiger partial charge in [0.25, 0.3) is 0 Å². The van der Waals surface area contributed by atoms with E-state index in [1.165, 1.54) is 50.6 Å². The standard InChI is InChI=1S/C15H29N/c1-5-6-13-7-8-14(11-16-4)15(10-13)9-12(2)3/h13-16H,2,5-11H2,1,3-4H3. The fourth-order valence-corrected chi connectivity index (χ4v) is 3.32. The highest BCUT2D eigenvalue weighted by molar-refractivity contribution is 4.94. The lowest BCUT2D eigenvalue weighted by Gasteiger charge is -2.36. The molecule has 0 bridgehead atoms. The van der Waals surface area contributed by atoms with Crippen LogP contribution in [0.3, 0.4) is 0 Å². The van der Waals surface area contributed by atoms with Crippen LogP contribution in [0.1, 0.15) is 52.4 Å². The maximum atomic E-state index is 4.09. The second kappa shape index (κ2) is 7.11. The molecule has 0 aromatic heterocycles. The SMILES string of the molecule is C=C(C)CC1CC(CCC)CCC1CNC. The zero-order valence-corrected chi connectivity index (χ0v) is 11.4. The van der Waals surface area contributed by atoms with Gasteiger partial charge < -0.3 is 5.32 Å². The van der Waals surface area contributed by atoms with Gasteiger partial charge in [-0.25, -0.2) is 0 Å². The van der Waals surface area contributed by atoms with Gasteiger partial charge in [0.15, 0.2) is 0 Å². The van der Waals surface area contributed by atoms with E-state index in [-0.39, 0.29) is 0 Å². The Kier molecular flexibility index (Phi) is 6.12. The molecule has 0 saturated heterocycles. The highest BCUT2D eigenvalue weighted by atomic mass is 14.8. The summed E-state index contributed by atoms with van der Waals surface area (Å²) in [5, 5.41) is 3.36. The van der Waals surface area contributed by atoms with Crippen molar-refractivity contribution in [3.8, 4) is 0 Å². The molecule has 16 heavy (non-hydrogen) atoms. The third-order valence-corrected chi connectivity index (χ3v) is 4.02. The van der Waals surface area contributed by atoms with E-state index >= 15 is 0 Å². The Labute approximate surface area is 102 Å². The van der Waals surface area contributed by atoms with Crippen LogP contribution in [0, 0.1) is 17.8 Å². The molecule has 1 saturated carbocycles. The summed E-state index contributed by atoms with van der Waals surface area (Å²) >= 11 is 0. The lowest BCUT2D eigenvalue weighted by molar-refractivity contribution is 0.169. The number of allylic oxidation sites excluding steroid dienone is 1. The first-order chi connectivity index (χ1) is 7.67. The fraction of sp³-hybridized carbons (Fsp3) is 0.867. The zero-order valence-electron chi connectivity index (χ0n) is 11.4. The van der Waals surface area contributed by atoms with Crippen LogP contribution < -0.4 is 5.32 Å². The molecule has 0 aliphatic heterocycles. The van der Waals surface area contributed by atoms with E-state index in [9.17, 15) is 0 Å². The normalized spacial score (nSPS) is 30.3. The lowest BCUT2D eigenvalue weighted by Crippen LogP contribution is -2.32. The predicted octanol–water partition coefficient (Wildman–Crippen LogP) is 4.00. The van der Waals surface area contributed by atoms with Crippen molar-refractivity contribution in [2.24, 2.45) is 17.8 Å². The summed E-state index contributed by atoms with van der Waals surface area (Å²) < 4.78 is 0. The molecule has 1 nitrogen and oxygen atoms in total. The monoisotopic (exact) mass is 223 g/mol. The van der Waals surface area contributed by atoms with Crippen LogP contribution in [0.5, 0.6) is 0 Å². The third kappa shape index (κ3) is 4.29. The number of rotatable bonds is 6. The van der Waals surface area contributed by atoms with Crippen molar-refractivity contribution < 1.29 is 0 Å². The first-order valence-electron chi connectivity index (χ1n) is 6.96. The summed E-state index contributed by atoms with van der Waals surface area (Å²) in [5.74, 6) is 2.76. The summed E-state index contributed by atoms with van der Waals surface area (Å²) in [6.45, 7) is 9.78. The number of hydrogen-bond acceptors (Lipinski definition) is 1. The van der Waals surface area contributed by atoms with Gasteiger partial charge in [-0.2, -0.15) is 0 Å². The summed E-state index contributed by atoms with van der Waals surface area (Å²) in [6, 6.07) is 0. The molecule has 0 aromatic carbocycles. The fourth-order valence-electron chi connectivity index (χ4n) is 3.32. The molecule has 1 rings (SSSR count). The molecule has 3 atom stereocenters. The number of hydrogen-bond donors (Lipinski definition) is 1. The smallest absolute Gasteiger partial charge is 0.00208 e. The van der Waals surface area contributed by atoms with Gasteiger partial charge in [-0.05, 0) is 57.5 Å². The van der Waals surface area contributed by atoms with Crippen molar-refractivity contribution in [1.82, 2.24) is 5.32 Å². The Morgan fingerprint density at radius 2 is 2.06 bits per heavy atom. The summed E-state index contributed by atoms with van der Waals surface area (Å²) in [7, 11) is 2.08. The van der Waals surface area contributed by atoms with Crippen molar-refractivity contribution >= 4 is 0 Å². The van der Waals surface area contributed by atoms with Crippen LogP contribution in [-0.2, 0) is 0 Å². The summed E-state index contributed by atoms with van der Waals surface area (Å²) in [6.07, 6.45) is 8.33. The van der Waals surface area contributed by atoms with Crippen LogP contribution in [0.2, 0.25) is 0 Å². The van der Waals surface area contributed by atoms with Crippen LogP contribution in [-0.4, -0.2) is 13.6 Å². The molecule has 0 heterocycles. The van der Waals surface area contributed by atoms with Gasteiger partial charge in [-0.3, -0.25) is 0 Å². The van der Waals surface area contributed by atoms with E-state index in [0.717, 1.165) is 17.8 Å². The second-order valence-corrected chi connectivity index (χ2v) is 5.71. The van der Waals surface area contributed by atoms with Gasteiger partial charge >= 0.3 is 0 Å². The van der Waals surface area contributed by atoms with E-state index in [1.807, 2.05) is 0 Å². The first-order valence-corrected chi connectivity index (χ1v) is 6.96. The van der Waals surface area contributed by atoms with E-state index in [0.29, 0.717) is 0 Å². The van der Waals surface area contributed by atoms with Gasteiger partial charge in [0, 0.05) is 0 Å². The molecular weight excluding hydrogens is 194 g/mol. The van der Waals surface area contributed by atoms with Crippen LogP contribution in [0.25, 0.3) is 0 Å². The molecule has 1 fully saturated rings. The Morgan fingerprint density at radius 1 is 1.31 bits per heavy atom. The average molecular weight is 223 g/mol. The molecule has 1 aliphatic rings. The molecule has 1 aliphatic carbocycles. The van der Waals surface area contributed by atoms with Gasteiger partial charge in [-0.1, -0.05) is 31.8 Å². The van der Waals surface area contributed by atoms with Crippen molar-refractivity contribution in [3.63, 3.8) is 0 Å². The molecule has 1 N–H and O–H groups in total. The summed E-state index contributed by atoms with van der Waals surface area (Å²) in [4.78, 5) is 0. The molecular formula is C15H29N. The van der Waals surface area contributed by atoms with Gasteiger partial charge in [0.05, 0.1) is 0 Å². The largest absolute Gasteiger partial charge is 0.319 e. The zero-order chi connectivity index (χ0) is 12.0. The molecule has 3 unspecified atom stereocenters. The predicted molar refractivity (Wildman–Crippen MR) is 72.6 cm³/mol. The third-order valence-electron chi connectivity index (χ3n) is 4.02. The van der Waals surface area contributed by atoms with E-state index in [1.54, 1.807) is 0 Å². The minimum Gasteiger partial charge on any atom is -0.319 e. The minimum atomic E-state index is 0.884. The topological polar surface area (TPSA) is 12.0 Å². The molecule has 0 radical (unpaired) electrons. The van der Waals surface area contributed by atoms with Crippen molar-refractivity contribution in [2.45, 2.75) is 52.4 Å². The maximum Gasteiger partial charge on any atom is -0.00208 e. The molecule has 94 valence electrons. The summed E-state index contributed by atoms with van der Waals surface area (Å²) in [5.41, 5.74) is 1.36. The lowest BCUT2D eigenvalue weighted by atomic mass is 9.70. The van der Waals surface area contributed by atoms with Gasteiger partial charge in [0.1, 0.15) is 0 Å². The van der Waals surface area contributed by atoms with Crippen molar-refractivity contribution in [3.05, 3.63) is 12.2 Å². The maximum absolute atomic E-state index is 4.09. The molecule has 0 spiro atoms. The first kappa shape index (κ1) is 13.8. The van der Waals surface area contributed by atoms with E-state index in [2.05, 4.69) is 32.8 Å². The van der Waals surface area contributed by atoms with Crippen LogP contribution in [0.15, 0.2) is 12.2 Å². The molecule has 0 aromatic rings. The van der Waals surface area contributed by atoms with Gasteiger partial charge in [0.2, 0.25) is 0 Å². The van der Waals surface area contributed by atoms with E-state index in [4.69, 9.17) is 0 Å². The quantitative estimate of drug-likeness (QED) is 0.671. The molecule has 1 heteroatoms. The Bertz CT molecular complexity index is 209. The second-order valence-electron chi connectivity index (χ2n) is 5.71. The van der Waals surface area contributed by atoms with Gasteiger partial charge in [-0.15, -0.1) is 6.58 Å². The highest BCUT2D eigenvalue weighted by Gasteiger charge is 2.29. The Balaban J connectivity index is 2.50. The molecule has 0 amide bonds. The Morgan fingerprint density at radius 3 is 2.62 bits per heavy atom. The van der Waals surface area contributed by atoms with E-state index < -0.39 is 0 Å². The Hall–Kier alpha value is -0.300. The van der Waals surface area contributed by atoms with Crippen molar-refractivity contribution in [2.75, 3.05) is 13.6 Å². The van der Waals surface area contributed by atoms with Crippen LogP contribution >= 0.6 is 0 Å².